The number of aldehydes is 2. The number of nitriles is 1. The van der Waals surface area contributed by atoms with Gasteiger partial charge in [-0.15, -0.1) is 5.10 Å². The van der Waals surface area contributed by atoms with E-state index in [-0.39, 0.29) is 28.3 Å². The van der Waals surface area contributed by atoms with Crippen molar-refractivity contribution in [2.24, 2.45) is 0 Å². The first-order valence-electron chi connectivity index (χ1n) is 11.9. The summed E-state index contributed by atoms with van der Waals surface area (Å²) in [6, 6.07) is 12.6. The summed E-state index contributed by atoms with van der Waals surface area (Å²) in [7, 11) is 0. The number of phenols is 1. The van der Waals surface area contributed by atoms with E-state index >= 15 is 0 Å². The number of hydrogen-bond donors (Lipinski definition) is 1. The molecule has 182 valence electrons. The van der Waals surface area contributed by atoms with Gasteiger partial charge in [0.2, 0.25) is 0 Å². The second-order valence-electron chi connectivity index (χ2n) is 8.58. The monoisotopic (exact) mass is 481 g/mol. The van der Waals surface area contributed by atoms with Crippen molar-refractivity contribution < 1.29 is 14.7 Å². The molecule has 0 aliphatic heterocycles. The quantitative estimate of drug-likeness (QED) is 0.359. The maximum Gasteiger partial charge on any atom is 0.183 e. The predicted octanol–water partition coefficient (Wildman–Crippen LogP) is 4.08. The van der Waals surface area contributed by atoms with Gasteiger partial charge in [0.25, 0.3) is 0 Å². The number of aromatic nitrogens is 3. The molecule has 0 aliphatic rings. The lowest BCUT2D eigenvalue weighted by Crippen LogP contribution is -2.23. The summed E-state index contributed by atoms with van der Waals surface area (Å²) in [5.74, 6) is 0.132. The number of aromatic hydroxyl groups is 1. The Labute approximate surface area is 209 Å². The fourth-order valence-electron chi connectivity index (χ4n) is 4.31. The zero-order valence-electron chi connectivity index (χ0n) is 20.5. The third-order valence-electron chi connectivity index (χ3n) is 6.31. The van der Waals surface area contributed by atoms with Crippen LogP contribution in [0.2, 0.25) is 0 Å². The minimum atomic E-state index is -0.0408. The second-order valence-corrected chi connectivity index (χ2v) is 8.58. The summed E-state index contributed by atoms with van der Waals surface area (Å²) < 4.78 is 1.45. The van der Waals surface area contributed by atoms with E-state index in [1.807, 2.05) is 19.1 Å². The summed E-state index contributed by atoms with van der Waals surface area (Å²) in [4.78, 5) is 30.3. The van der Waals surface area contributed by atoms with Crippen LogP contribution in [-0.2, 0) is 0 Å². The van der Waals surface area contributed by atoms with Crippen LogP contribution in [0.1, 0.15) is 64.1 Å². The standard InChI is InChI=1S/C28H27N5O3/c1-4-6-11-32(5-2)21-9-7-19(18(3)12-21)13-26-24(15-29)25(17-35)28-30-27(31-33(26)28)23-14-22(36)10-8-20(23)16-34/h7-10,12-14,16-17,36H,4-6,11H2,1-3H3/b26-13+. The molecule has 1 N–H and O–H groups in total. The van der Waals surface area contributed by atoms with Crippen LogP contribution in [0, 0.1) is 18.3 Å². The van der Waals surface area contributed by atoms with Gasteiger partial charge in [-0.2, -0.15) is 5.26 Å². The van der Waals surface area contributed by atoms with Gasteiger partial charge in [-0.3, -0.25) is 9.59 Å². The van der Waals surface area contributed by atoms with E-state index in [0.717, 1.165) is 42.7 Å². The van der Waals surface area contributed by atoms with E-state index in [4.69, 9.17) is 0 Å². The zero-order chi connectivity index (χ0) is 25.8. The summed E-state index contributed by atoms with van der Waals surface area (Å²) in [6.45, 7) is 8.21. The number of hydrogen-bond acceptors (Lipinski definition) is 7. The molecule has 2 aromatic carbocycles. The van der Waals surface area contributed by atoms with Gasteiger partial charge in [0.1, 0.15) is 11.8 Å². The lowest BCUT2D eigenvalue weighted by molar-refractivity contribution is 0.111. The molecule has 0 saturated carbocycles. The number of phenolic OH excluding ortho intramolecular Hbond substituents is 1. The number of fused-ring (bicyclic) bond motifs is 1. The maximum atomic E-state index is 11.9. The Kier molecular flexibility index (Phi) is 7.11. The Morgan fingerprint density at radius 3 is 2.53 bits per heavy atom. The van der Waals surface area contributed by atoms with Crippen LogP contribution in [0.25, 0.3) is 23.1 Å². The minimum absolute atomic E-state index is 0.0408. The Morgan fingerprint density at radius 1 is 1.11 bits per heavy atom. The molecule has 0 saturated heterocycles. The molecule has 4 rings (SSSR count). The van der Waals surface area contributed by atoms with Crippen molar-refractivity contribution in [3.05, 3.63) is 69.6 Å². The Morgan fingerprint density at radius 2 is 1.89 bits per heavy atom. The van der Waals surface area contributed by atoms with Crippen LogP contribution >= 0.6 is 0 Å². The first kappa shape index (κ1) is 24.6. The third kappa shape index (κ3) is 4.43. The molecule has 0 aliphatic carbocycles. The summed E-state index contributed by atoms with van der Waals surface area (Å²) in [5, 5.41) is 24.7. The highest BCUT2D eigenvalue weighted by atomic mass is 16.3. The number of benzene rings is 2. The Hall–Kier alpha value is -4.51. The number of nitrogens with zero attached hydrogens (tertiary/aromatic N) is 5. The lowest BCUT2D eigenvalue weighted by Gasteiger charge is -2.23. The molecular formula is C28H27N5O3. The fourth-order valence-corrected chi connectivity index (χ4v) is 4.31. The molecule has 4 aromatic rings. The smallest absolute Gasteiger partial charge is 0.183 e. The van der Waals surface area contributed by atoms with E-state index in [1.54, 1.807) is 0 Å². The van der Waals surface area contributed by atoms with Crippen molar-refractivity contribution in [2.75, 3.05) is 18.0 Å². The molecule has 0 bridgehead atoms. The van der Waals surface area contributed by atoms with Crippen LogP contribution in [0.4, 0.5) is 5.69 Å². The first-order valence-corrected chi connectivity index (χ1v) is 11.9. The lowest BCUT2D eigenvalue weighted by atomic mass is 10.1. The molecule has 0 spiro atoms. The Balaban J connectivity index is 1.89. The number of aryl methyl sites for hydroxylation is 1. The summed E-state index contributed by atoms with van der Waals surface area (Å²) >= 11 is 0. The third-order valence-corrected chi connectivity index (χ3v) is 6.31. The highest BCUT2D eigenvalue weighted by Crippen LogP contribution is 2.26. The zero-order valence-corrected chi connectivity index (χ0v) is 20.5. The van der Waals surface area contributed by atoms with E-state index in [1.165, 1.54) is 22.7 Å². The topological polar surface area (TPSA) is 112 Å². The number of unbranched alkanes of at least 4 members (excludes halogenated alkanes) is 1. The molecule has 2 heterocycles. The van der Waals surface area contributed by atoms with E-state index < -0.39 is 0 Å². The second kappa shape index (κ2) is 10.4. The van der Waals surface area contributed by atoms with Gasteiger partial charge in [-0.25, -0.2) is 9.50 Å². The number of anilines is 1. The van der Waals surface area contributed by atoms with Crippen molar-refractivity contribution in [1.29, 1.82) is 5.26 Å². The normalized spacial score (nSPS) is 11.6. The van der Waals surface area contributed by atoms with Crippen LogP contribution < -0.4 is 10.2 Å². The number of carbonyl (C=O) groups excluding carboxylic acids is 2. The van der Waals surface area contributed by atoms with Crippen molar-refractivity contribution in [2.45, 2.75) is 33.6 Å². The Bertz CT molecular complexity index is 1550. The van der Waals surface area contributed by atoms with Gasteiger partial charge in [0, 0.05) is 29.9 Å². The maximum absolute atomic E-state index is 11.9. The average Bonchev–Trinajstić information content (AvgIpc) is 3.43. The highest BCUT2D eigenvalue weighted by Gasteiger charge is 2.21. The van der Waals surface area contributed by atoms with E-state index in [9.17, 15) is 20.0 Å². The van der Waals surface area contributed by atoms with Crippen LogP contribution in [0.5, 0.6) is 5.75 Å². The van der Waals surface area contributed by atoms with Crippen molar-refractivity contribution in [3.8, 4) is 23.2 Å². The molecule has 2 aromatic heterocycles. The molecule has 0 fully saturated rings. The predicted molar refractivity (Wildman–Crippen MR) is 138 cm³/mol. The van der Waals surface area contributed by atoms with Crippen molar-refractivity contribution in [3.63, 3.8) is 0 Å². The van der Waals surface area contributed by atoms with Crippen LogP contribution in [0.15, 0.2) is 36.4 Å². The number of carbonyl (C=O) groups is 2. The number of rotatable bonds is 9. The van der Waals surface area contributed by atoms with E-state index in [0.29, 0.717) is 29.0 Å². The molecule has 0 amide bonds. The van der Waals surface area contributed by atoms with Gasteiger partial charge < -0.3 is 10.0 Å². The van der Waals surface area contributed by atoms with Gasteiger partial charge >= 0.3 is 0 Å². The largest absolute Gasteiger partial charge is 0.508 e. The molecule has 0 atom stereocenters. The highest BCUT2D eigenvalue weighted by molar-refractivity contribution is 5.91. The first-order chi connectivity index (χ1) is 17.4. The molecule has 8 nitrogen and oxygen atoms in total. The van der Waals surface area contributed by atoms with E-state index in [2.05, 4.69) is 47.0 Å². The average molecular weight is 482 g/mol. The van der Waals surface area contributed by atoms with Crippen LogP contribution in [0.3, 0.4) is 0 Å². The fraction of sp³-hybridized carbons (Fsp3) is 0.250. The van der Waals surface area contributed by atoms with Gasteiger partial charge in [0.05, 0.1) is 16.5 Å². The molecule has 0 unspecified atom stereocenters. The molecule has 36 heavy (non-hydrogen) atoms. The SMILES string of the molecule is CCCCN(CC)c1ccc(/C=c2\c(C#N)c(C=O)c3nc(-c4cc(O)ccc4C=O)nn23)c(C)c1. The van der Waals surface area contributed by atoms with Gasteiger partial charge in [0.15, 0.2) is 24.0 Å². The van der Waals surface area contributed by atoms with Crippen molar-refractivity contribution in [1.82, 2.24) is 14.6 Å². The van der Waals surface area contributed by atoms with Crippen molar-refractivity contribution >= 4 is 30.0 Å². The summed E-state index contributed by atoms with van der Waals surface area (Å²) in [6.07, 6.45) is 5.31. The minimum Gasteiger partial charge on any atom is -0.508 e. The molecule has 0 radical (unpaired) electrons. The van der Waals surface area contributed by atoms with Gasteiger partial charge in [-0.1, -0.05) is 19.4 Å². The molecule has 8 heteroatoms. The summed E-state index contributed by atoms with van der Waals surface area (Å²) in [5.41, 5.74) is 4.20. The molecular weight excluding hydrogens is 454 g/mol. The van der Waals surface area contributed by atoms with Crippen LogP contribution in [-0.4, -0.2) is 45.4 Å². The van der Waals surface area contributed by atoms with Gasteiger partial charge in [-0.05, 0) is 67.8 Å².